The molecule has 0 fully saturated rings. The number of halogens is 1. The fourth-order valence-electron chi connectivity index (χ4n) is 0.673. The molecular weight excluding hydrogens is 208 g/mol. The van der Waals surface area contributed by atoms with Gasteiger partial charge in [0, 0.05) is 16.0 Å². The van der Waals surface area contributed by atoms with Crippen LogP contribution in [0.25, 0.3) is 0 Å². The van der Waals surface area contributed by atoms with Crippen LogP contribution in [0.2, 0.25) is 0 Å². The van der Waals surface area contributed by atoms with Gasteiger partial charge in [-0.05, 0) is 12.1 Å². The zero-order valence-electron chi connectivity index (χ0n) is 5.59. The molecule has 1 aromatic rings. The Morgan fingerprint density at radius 2 is 1.90 bits per heavy atom. The van der Waals surface area contributed by atoms with Gasteiger partial charge in [-0.3, -0.25) is 0 Å². The van der Waals surface area contributed by atoms with Gasteiger partial charge in [0.05, 0.1) is 0 Å². The Balaban J connectivity index is 2.43. The number of rotatable bonds is 3. The van der Waals surface area contributed by atoms with Crippen molar-refractivity contribution in [1.29, 1.82) is 0 Å². The van der Waals surface area contributed by atoms with Crippen LogP contribution in [0, 0.1) is 0 Å². The first-order chi connectivity index (χ1) is 4.93. The van der Waals surface area contributed by atoms with Gasteiger partial charge in [-0.1, -0.05) is 34.1 Å². The van der Waals surface area contributed by atoms with Gasteiger partial charge in [-0.15, -0.1) is 11.8 Å². The lowest BCUT2D eigenvalue weighted by molar-refractivity contribution is 1.44. The molecule has 0 amide bonds. The maximum absolute atomic E-state index is 3.39. The summed E-state index contributed by atoms with van der Waals surface area (Å²) in [4.78, 5) is 1.35. The van der Waals surface area contributed by atoms with Crippen molar-refractivity contribution in [3.63, 3.8) is 0 Å². The maximum atomic E-state index is 3.39. The lowest BCUT2D eigenvalue weighted by Crippen LogP contribution is -1.76. The second-order valence-corrected chi connectivity index (χ2v) is 3.81. The van der Waals surface area contributed by atoms with Gasteiger partial charge in [0.2, 0.25) is 0 Å². The van der Waals surface area contributed by atoms with Gasteiger partial charge in [-0.2, -0.15) is 0 Å². The van der Waals surface area contributed by atoms with Crippen molar-refractivity contribution in [3.05, 3.63) is 30.3 Å². The molecule has 2 heteroatoms. The van der Waals surface area contributed by atoms with Crippen LogP contribution >= 0.6 is 27.7 Å². The zero-order chi connectivity index (χ0) is 7.23. The summed E-state index contributed by atoms with van der Waals surface area (Å²) in [5.74, 6) is 1.14. The first kappa shape index (κ1) is 8.15. The number of thioether (sulfide) groups is 1. The summed E-state index contributed by atoms with van der Waals surface area (Å²) >= 11 is 5.26. The molecule has 0 atom stereocenters. The Morgan fingerprint density at radius 3 is 2.50 bits per heavy atom. The van der Waals surface area contributed by atoms with Gasteiger partial charge in [0.1, 0.15) is 0 Å². The molecule has 0 nitrogen and oxygen atoms in total. The number of hydrogen-bond acceptors (Lipinski definition) is 1. The quantitative estimate of drug-likeness (QED) is 0.553. The van der Waals surface area contributed by atoms with Crippen molar-refractivity contribution in [2.24, 2.45) is 0 Å². The maximum Gasteiger partial charge on any atom is 0.0126 e. The van der Waals surface area contributed by atoms with E-state index >= 15 is 0 Å². The molecule has 0 radical (unpaired) electrons. The van der Waals surface area contributed by atoms with Crippen molar-refractivity contribution in [1.82, 2.24) is 0 Å². The highest BCUT2D eigenvalue weighted by molar-refractivity contribution is 9.09. The molecule has 1 aromatic carbocycles. The summed E-state index contributed by atoms with van der Waals surface area (Å²) in [7, 11) is 0. The summed E-state index contributed by atoms with van der Waals surface area (Å²) in [6, 6.07) is 10.4. The highest BCUT2D eigenvalue weighted by atomic mass is 79.9. The van der Waals surface area contributed by atoms with E-state index in [1.807, 2.05) is 17.8 Å². The number of alkyl halides is 1. The highest BCUT2D eigenvalue weighted by Gasteiger charge is 1.88. The second kappa shape index (κ2) is 4.80. The van der Waals surface area contributed by atoms with Crippen LogP contribution in [0.4, 0.5) is 0 Å². The van der Waals surface area contributed by atoms with E-state index < -0.39 is 0 Å². The van der Waals surface area contributed by atoms with E-state index in [0.717, 1.165) is 11.1 Å². The summed E-state index contributed by atoms with van der Waals surface area (Å²) in [6.45, 7) is 0. The van der Waals surface area contributed by atoms with E-state index in [-0.39, 0.29) is 0 Å². The third kappa shape index (κ3) is 2.76. The molecule has 0 heterocycles. The normalized spacial score (nSPS) is 9.70. The summed E-state index contributed by atoms with van der Waals surface area (Å²) in [5.41, 5.74) is 0. The molecule has 0 bridgehead atoms. The smallest absolute Gasteiger partial charge is 0.0126 e. The zero-order valence-corrected chi connectivity index (χ0v) is 7.99. The molecule has 0 unspecified atom stereocenters. The van der Waals surface area contributed by atoms with Crippen molar-refractivity contribution in [2.75, 3.05) is 11.1 Å². The SMILES string of the molecule is BrCCSc1ccccc1. The molecular formula is C8H9BrS. The van der Waals surface area contributed by atoms with Crippen LogP contribution in [0.5, 0.6) is 0 Å². The molecule has 0 spiro atoms. The predicted octanol–water partition coefficient (Wildman–Crippen LogP) is 3.17. The standard InChI is InChI=1S/C8H9BrS/c9-6-7-10-8-4-2-1-3-5-8/h1-5H,6-7H2. The molecule has 0 saturated carbocycles. The molecule has 0 aliphatic carbocycles. The lowest BCUT2D eigenvalue weighted by Gasteiger charge is -1.95. The van der Waals surface area contributed by atoms with Crippen molar-refractivity contribution in [2.45, 2.75) is 4.90 Å². The third-order valence-corrected chi connectivity index (χ3v) is 3.02. The van der Waals surface area contributed by atoms with Gasteiger partial charge >= 0.3 is 0 Å². The van der Waals surface area contributed by atoms with E-state index in [4.69, 9.17) is 0 Å². The predicted molar refractivity (Wildman–Crippen MR) is 51.0 cm³/mol. The minimum atomic E-state index is 1.06. The average molecular weight is 217 g/mol. The minimum Gasteiger partial charge on any atom is -0.125 e. The van der Waals surface area contributed by atoms with Gasteiger partial charge < -0.3 is 0 Å². The molecule has 10 heavy (non-hydrogen) atoms. The third-order valence-electron chi connectivity index (χ3n) is 1.09. The van der Waals surface area contributed by atoms with Crippen molar-refractivity contribution in [3.8, 4) is 0 Å². The molecule has 1 rings (SSSR count). The Morgan fingerprint density at radius 1 is 1.20 bits per heavy atom. The van der Waals surface area contributed by atoms with E-state index in [9.17, 15) is 0 Å². The minimum absolute atomic E-state index is 1.06. The molecule has 0 saturated heterocycles. The summed E-state index contributed by atoms with van der Waals surface area (Å²) in [6.07, 6.45) is 0. The molecule has 0 aliphatic heterocycles. The van der Waals surface area contributed by atoms with Crippen LogP contribution in [0.3, 0.4) is 0 Å². The van der Waals surface area contributed by atoms with Crippen LogP contribution in [-0.2, 0) is 0 Å². The molecule has 0 aliphatic rings. The van der Waals surface area contributed by atoms with Crippen LogP contribution < -0.4 is 0 Å². The molecule has 0 aromatic heterocycles. The Labute approximate surface area is 74.2 Å². The van der Waals surface area contributed by atoms with Gasteiger partial charge in [-0.25, -0.2) is 0 Å². The Bertz CT molecular complexity index is 174. The van der Waals surface area contributed by atoms with Crippen molar-refractivity contribution >= 4 is 27.7 Å². The van der Waals surface area contributed by atoms with E-state index in [1.165, 1.54) is 4.90 Å². The van der Waals surface area contributed by atoms with Crippen LogP contribution in [0.1, 0.15) is 0 Å². The molecule has 54 valence electrons. The monoisotopic (exact) mass is 216 g/mol. The molecule has 0 N–H and O–H groups in total. The lowest BCUT2D eigenvalue weighted by atomic mass is 10.4. The van der Waals surface area contributed by atoms with Crippen LogP contribution in [0.15, 0.2) is 35.2 Å². The van der Waals surface area contributed by atoms with E-state index in [0.29, 0.717) is 0 Å². The second-order valence-electron chi connectivity index (χ2n) is 1.85. The Kier molecular flexibility index (Phi) is 3.91. The van der Waals surface area contributed by atoms with Gasteiger partial charge in [0.25, 0.3) is 0 Å². The topological polar surface area (TPSA) is 0 Å². The largest absolute Gasteiger partial charge is 0.125 e. The van der Waals surface area contributed by atoms with Crippen molar-refractivity contribution < 1.29 is 0 Å². The summed E-state index contributed by atoms with van der Waals surface area (Å²) < 4.78 is 0. The fraction of sp³-hybridized carbons (Fsp3) is 0.250. The first-order valence-electron chi connectivity index (χ1n) is 3.17. The van der Waals surface area contributed by atoms with E-state index in [1.54, 1.807) is 0 Å². The average Bonchev–Trinajstić information content (AvgIpc) is 2.03. The fourth-order valence-corrected chi connectivity index (χ4v) is 1.82. The number of benzene rings is 1. The first-order valence-corrected chi connectivity index (χ1v) is 5.28. The van der Waals surface area contributed by atoms with E-state index in [2.05, 4.69) is 40.2 Å². The summed E-state index contributed by atoms with van der Waals surface area (Å²) in [5, 5.41) is 1.06. The van der Waals surface area contributed by atoms with Crippen LogP contribution in [-0.4, -0.2) is 11.1 Å². The number of hydrogen-bond donors (Lipinski definition) is 0. The highest BCUT2D eigenvalue weighted by Crippen LogP contribution is 2.16. The Hall–Kier alpha value is 0.0500. The van der Waals surface area contributed by atoms with Gasteiger partial charge in [0.15, 0.2) is 0 Å².